The van der Waals surface area contributed by atoms with E-state index in [4.69, 9.17) is 9.31 Å². The van der Waals surface area contributed by atoms with Gasteiger partial charge in [0.05, 0.1) is 5.90 Å². The molecule has 2 aliphatic heterocycles. The van der Waals surface area contributed by atoms with Crippen LogP contribution in [-0.2, 0) is 14.1 Å². The van der Waals surface area contributed by atoms with Gasteiger partial charge in [0.1, 0.15) is 0 Å². The third-order valence-corrected chi connectivity index (χ3v) is 2.22. The minimum atomic E-state index is -0.116. The molecule has 0 N–H and O–H groups in total. The largest absolute Gasteiger partial charge is 0.544 e. The van der Waals surface area contributed by atoms with Gasteiger partial charge in [0, 0.05) is 11.8 Å². The van der Waals surface area contributed by atoms with Crippen LogP contribution in [-0.4, -0.2) is 42.5 Å². The third-order valence-electron chi connectivity index (χ3n) is 2.22. The van der Waals surface area contributed by atoms with Crippen molar-refractivity contribution < 1.29 is 18.8 Å². The number of hydrogen-bond donors (Lipinski definition) is 0. The highest BCUT2D eigenvalue weighted by Gasteiger charge is 2.57. The zero-order valence-corrected chi connectivity index (χ0v) is 8.86. The molecule has 2 fully saturated rings. The van der Waals surface area contributed by atoms with Gasteiger partial charge >= 0.3 is 14.4 Å². The molecule has 2 saturated heterocycles. The van der Waals surface area contributed by atoms with Gasteiger partial charge in [-0.05, 0) is 6.92 Å². The van der Waals surface area contributed by atoms with E-state index >= 15 is 0 Å². The average Bonchev–Trinajstić information content (AvgIpc) is 3.10. The molecule has 83 valence electrons. The normalized spacial score (nSPS) is 22.8. The lowest BCUT2D eigenvalue weighted by Crippen LogP contribution is -2.04. The molecule has 9 heteroatoms. The van der Waals surface area contributed by atoms with Crippen molar-refractivity contribution in [2.24, 2.45) is 4.99 Å². The van der Waals surface area contributed by atoms with Gasteiger partial charge in [0.25, 0.3) is 12.4 Å². The predicted octanol–water partition coefficient (Wildman–Crippen LogP) is -0.574. The van der Waals surface area contributed by atoms with Crippen molar-refractivity contribution in [2.75, 3.05) is 0 Å². The monoisotopic (exact) mass is 230 g/mol. The van der Waals surface area contributed by atoms with Gasteiger partial charge in [-0.15, -0.1) is 0 Å². The number of rotatable bonds is 4. The minimum absolute atomic E-state index is 0.00394. The van der Waals surface area contributed by atoms with Gasteiger partial charge in [0.15, 0.2) is 5.80 Å². The summed E-state index contributed by atoms with van der Waals surface area (Å²) >= 11 is 0. The molecule has 0 saturated carbocycles. The molecule has 0 bridgehead atoms. The molecular weight excluding hydrogens is 224 g/mol. The lowest BCUT2D eigenvalue weighted by Gasteiger charge is -1.98. The highest BCUT2D eigenvalue weighted by atomic mass is 16.6. The zero-order valence-electron chi connectivity index (χ0n) is 8.86. The fourth-order valence-electron chi connectivity index (χ4n) is 1.36. The molecule has 0 spiro atoms. The molecule has 2 aliphatic rings. The Kier molecular flexibility index (Phi) is 2.32. The average molecular weight is 230 g/mol. The third kappa shape index (κ3) is 2.28. The molecule has 0 aliphatic carbocycles. The first-order valence-electron chi connectivity index (χ1n) is 4.96. The maximum absolute atomic E-state index is 10.2. The summed E-state index contributed by atoms with van der Waals surface area (Å²) in [6.45, 7) is 1.95. The molecule has 1 atom stereocenters. The molecular formula is C8H6B2N3O4. The Hall–Kier alpha value is -1.89. The van der Waals surface area contributed by atoms with Gasteiger partial charge in [-0.1, -0.05) is 0 Å². The van der Waals surface area contributed by atoms with Crippen molar-refractivity contribution >= 4 is 32.6 Å². The SMILES string of the molecule is Cc1cc(OC=O)nc(/N=C2/OB2C2[B]O2)n1. The Bertz CT molecular complexity index is 506. The number of nitrogens with zero attached hydrogens (tertiary/aromatic N) is 3. The zero-order chi connectivity index (χ0) is 11.8. The number of aliphatic imine (C=N–C) groups is 1. The maximum Gasteiger partial charge on any atom is 0.474 e. The van der Waals surface area contributed by atoms with E-state index in [1.807, 2.05) is 0 Å². The first-order valence-corrected chi connectivity index (χ1v) is 4.96. The van der Waals surface area contributed by atoms with E-state index in [0.717, 1.165) is 0 Å². The molecule has 1 aromatic heterocycles. The van der Waals surface area contributed by atoms with Crippen molar-refractivity contribution in [1.29, 1.82) is 0 Å². The number of aromatic nitrogens is 2. The van der Waals surface area contributed by atoms with E-state index in [1.165, 1.54) is 0 Å². The lowest BCUT2D eigenvalue weighted by molar-refractivity contribution is -0.120. The van der Waals surface area contributed by atoms with Crippen LogP contribution in [0.25, 0.3) is 0 Å². The fourth-order valence-corrected chi connectivity index (χ4v) is 1.36. The van der Waals surface area contributed by atoms with Crippen LogP contribution >= 0.6 is 0 Å². The van der Waals surface area contributed by atoms with Gasteiger partial charge in [-0.2, -0.15) is 9.98 Å². The first kappa shape index (κ1) is 10.3. The van der Waals surface area contributed by atoms with Gasteiger partial charge in [-0.3, -0.25) is 4.79 Å². The van der Waals surface area contributed by atoms with Gasteiger partial charge in [0.2, 0.25) is 5.88 Å². The summed E-state index contributed by atoms with van der Waals surface area (Å²) in [5.74, 6) is 0.911. The Balaban J connectivity index is 1.80. The topological polar surface area (TPSA) is 89.5 Å². The molecule has 3 rings (SSSR count). The second kappa shape index (κ2) is 3.85. The van der Waals surface area contributed by atoms with Crippen molar-refractivity contribution in [3.63, 3.8) is 0 Å². The van der Waals surface area contributed by atoms with Crippen LogP contribution in [0.15, 0.2) is 11.1 Å². The number of carbonyl (C=O) groups excluding carboxylic acids is 1. The Morgan fingerprint density at radius 2 is 2.47 bits per heavy atom. The first-order chi connectivity index (χ1) is 8.26. The lowest BCUT2D eigenvalue weighted by atomic mass is 9.65. The standard InChI is InChI=1S/C8H6B2N3O4/c1-4-2-5(15-3-14)12-8(11-4)13-7-10(17-7)6-9-16-6/h2-3,6H,1H3/b13-7+. The molecule has 7 nitrogen and oxygen atoms in total. The quantitative estimate of drug-likeness (QED) is 0.390. The summed E-state index contributed by atoms with van der Waals surface area (Å²) in [7, 11) is 1.67. The fraction of sp³-hybridized carbons (Fsp3) is 0.250. The molecule has 1 radical (unpaired) electrons. The summed E-state index contributed by atoms with van der Waals surface area (Å²) in [6.07, 6.45) is 0. The predicted molar refractivity (Wildman–Crippen MR) is 58.0 cm³/mol. The smallest absolute Gasteiger partial charge is 0.474 e. The van der Waals surface area contributed by atoms with Gasteiger partial charge in [-0.25, -0.2) is 4.98 Å². The second-order valence-corrected chi connectivity index (χ2v) is 3.59. The van der Waals surface area contributed by atoms with Crippen LogP contribution in [0.4, 0.5) is 5.95 Å². The Morgan fingerprint density at radius 1 is 1.65 bits per heavy atom. The Morgan fingerprint density at radius 3 is 3.18 bits per heavy atom. The minimum Gasteiger partial charge on any atom is -0.544 e. The van der Waals surface area contributed by atoms with E-state index in [0.29, 0.717) is 18.0 Å². The van der Waals surface area contributed by atoms with Crippen molar-refractivity contribution in [2.45, 2.75) is 12.8 Å². The summed E-state index contributed by atoms with van der Waals surface area (Å²) in [4.78, 5) is 22.3. The van der Waals surface area contributed by atoms with E-state index in [-0.39, 0.29) is 24.6 Å². The van der Waals surface area contributed by atoms with E-state index in [2.05, 4.69) is 19.7 Å². The van der Waals surface area contributed by atoms with Crippen LogP contribution in [0.2, 0.25) is 0 Å². The molecule has 3 heterocycles. The summed E-state index contributed by atoms with van der Waals surface area (Å²) in [6, 6.07) is 1.54. The van der Waals surface area contributed by atoms with Crippen molar-refractivity contribution in [1.82, 2.24) is 9.97 Å². The number of hydrogen-bond acceptors (Lipinski definition) is 7. The highest BCUT2D eigenvalue weighted by molar-refractivity contribution is 7.04. The van der Waals surface area contributed by atoms with E-state index < -0.39 is 0 Å². The summed E-state index contributed by atoms with van der Waals surface area (Å²) in [5.41, 5.74) is 0.655. The maximum atomic E-state index is 10.2. The molecule has 0 aromatic carbocycles. The van der Waals surface area contributed by atoms with E-state index in [1.54, 1.807) is 20.5 Å². The summed E-state index contributed by atoms with van der Waals surface area (Å²) < 4.78 is 14.8. The van der Waals surface area contributed by atoms with Gasteiger partial charge < -0.3 is 14.0 Å². The van der Waals surface area contributed by atoms with Crippen LogP contribution in [0.1, 0.15) is 5.69 Å². The van der Waals surface area contributed by atoms with Crippen LogP contribution < -0.4 is 4.74 Å². The molecule has 1 unspecified atom stereocenters. The van der Waals surface area contributed by atoms with Crippen LogP contribution in [0.3, 0.4) is 0 Å². The molecule has 0 amide bonds. The number of ether oxygens (including phenoxy) is 1. The Labute approximate surface area is 97.6 Å². The summed E-state index contributed by atoms with van der Waals surface area (Å²) in [5, 5.41) is 0. The van der Waals surface area contributed by atoms with Crippen LogP contribution in [0.5, 0.6) is 5.88 Å². The van der Waals surface area contributed by atoms with Crippen molar-refractivity contribution in [3.05, 3.63) is 11.8 Å². The number of aryl methyl sites for hydroxylation is 1. The number of carbonyl (C=O) groups is 1. The highest BCUT2D eigenvalue weighted by Crippen LogP contribution is 2.25. The van der Waals surface area contributed by atoms with Crippen LogP contribution in [0, 0.1) is 6.92 Å². The second-order valence-electron chi connectivity index (χ2n) is 3.59. The van der Waals surface area contributed by atoms with E-state index in [9.17, 15) is 4.79 Å². The molecule has 1 aromatic rings. The molecule has 17 heavy (non-hydrogen) atoms. The van der Waals surface area contributed by atoms with Crippen molar-refractivity contribution in [3.8, 4) is 5.88 Å².